The summed E-state index contributed by atoms with van der Waals surface area (Å²) in [6.07, 6.45) is 0.266. The van der Waals surface area contributed by atoms with Crippen molar-refractivity contribution in [2.45, 2.75) is 25.0 Å². The van der Waals surface area contributed by atoms with E-state index in [1.54, 1.807) is 0 Å². The molecule has 0 heterocycles. The number of ether oxygens (including phenoxy) is 4. The normalized spacial score (nSPS) is 12.2. The van der Waals surface area contributed by atoms with Crippen molar-refractivity contribution in [3.63, 3.8) is 0 Å². The number of hydrogen-bond donors (Lipinski definition) is 4. The minimum Gasteiger partial charge on any atom is -0.464 e. The van der Waals surface area contributed by atoms with Crippen LogP contribution in [0.5, 0.6) is 0 Å². The second-order valence-corrected chi connectivity index (χ2v) is 6.29. The number of rotatable bonds is 19. The fraction of sp³-hybridized carbons (Fsp3) is 0.600. The molecule has 0 bridgehead atoms. The van der Waals surface area contributed by atoms with Crippen LogP contribution in [0.3, 0.4) is 0 Å². The predicted octanol–water partition coefficient (Wildman–Crippen LogP) is -1.85. The van der Waals surface area contributed by atoms with Gasteiger partial charge in [-0.15, -0.1) is 0 Å². The highest BCUT2D eigenvalue weighted by atomic mass is 16.6. The molecule has 6 N–H and O–H groups in total. The van der Waals surface area contributed by atoms with Crippen LogP contribution in [-0.4, -0.2) is 88.6 Å². The zero-order chi connectivity index (χ0) is 24.2. The predicted molar refractivity (Wildman–Crippen MR) is 115 cm³/mol. The monoisotopic (exact) mass is 458 g/mol. The van der Waals surface area contributed by atoms with Gasteiger partial charge in [-0.05, 0) is 0 Å². The lowest BCUT2D eigenvalue weighted by molar-refractivity contribution is -0.161. The van der Waals surface area contributed by atoms with Crippen molar-refractivity contribution in [2.75, 3.05) is 52.5 Å². The Hall–Kier alpha value is -2.80. The fourth-order valence-corrected chi connectivity index (χ4v) is 2.25. The maximum Gasteiger partial charge on any atom is 0.330 e. The minimum absolute atomic E-state index is 0.0685. The first kappa shape index (κ1) is 29.2. The fourth-order valence-electron chi connectivity index (χ4n) is 2.25. The lowest BCUT2D eigenvalue weighted by Gasteiger charge is -2.27. The molecule has 0 saturated carbocycles. The molecule has 0 aromatic carbocycles. The zero-order valence-corrected chi connectivity index (χ0v) is 18.2. The van der Waals surface area contributed by atoms with Crippen molar-refractivity contribution in [1.29, 1.82) is 0 Å². The SMILES string of the molecule is C=CC(=O)OC(CNCCC(=O)OCCN)C(CNCCC(=O)OCCN)OC(=O)C=C. The molecule has 0 aromatic rings. The Labute approximate surface area is 187 Å². The van der Waals surface area contributed by atoms with Gasteiger partial charge in [0.1, 0.15) is 13.2 Å². The Balaban J connectivity index is 4.87. The summed E-state index contributed by atoms with van der Waals surface area (Å²) >= 11 is 0. The van der Waals surface area contributed by atoms with Crippen LogP contribution in [0, 0.1) is 0 Å². The summed E-state index contributed by atoms with van der Waals surface area (Å²) in [5.41, 5.74) is 10.5. The van der Waals surface area contributed by atoms with E-state index in [0.717, 1.165) is 12.2 Å². The molecular weight excluding hydrogens is 424 g/mol. The molecule has 32 heavy (non-hydrogen) atoms. The van der Waals surface area contributed by atoms with Crippen LogP contribution < -0.4 is 22.1 Å². The molecule has 0 amide bonds. The first-order valence-corrected chi connectivity index (χ1v) is 10.2. The molecule has 182 valence electrons. The molecule has 0 fully saturated rings. The van der Waals surface area contributed by atoms with E-state index in [1.165, 1.54) is 0 Å². The van der Waals surface area contributed by atoms with Crippen molar-refractivity contribution in [3.05, 3.63) is 25.3 Å². The van der Waals surface area contributed by atoms with Crippen LogP contribution >= 0.6 is 0 Å². The third kappa shape index (κ3) is 15.1. The van der Waals surface area contributed by atoms with Gasteiger partial charge in [0.2, 0.25) is 0 Å². The highest BCUT2D eigenvalue weighted by molar-refractivity contribution is 5.82. The standard InChI is InChI=1S/C20H34N4O8/c1-3-17(25)31-15(13-23-9-5-19(27)29-11-7-21)16(32-18(26)4-2)14-24-10-6-20(28)30-12-8-22/h3-4,15-16,23-24H,1-2,5-14,21-22H2. The maximum absolute atomic E-state index is 11.8. The summed E-state index contributed by atoms with van der Waals surface area (Å²) < 4.78 is 20.3. The summed E-state index contributed by atoms with van der Waals surface area (Å²) in [6.45, 7) is 8.02. The van der Waals surface area contributed by atoms with E-state index in [1.807, 2.05) is 0 Å². The molecular formula is C20H34N4O8. The molecule has 0 aliphatic carbocycles. The number of nitrogens with two attached hydrogens (primary N) is 2. The molecule has 0 spiro atoms. The molecule has 2 unspecified atom stereocenters. The van der Waals surface area contributed by atoms with Crippen LogP contribution in [0.15, 0.2) is 25.3 Å². The topological polar surface area (TPSA) is 181 Å². The molecule has 0 rings (SSSR count). The smallest absolute Gasteiger partial charge is 0.330 e. The molecule has 2 atom stereocenters. The molecule has 0 radical (unpaired) electrons. The third-order valence-corrected chi connectivity index (χ3v) is 3.75. The molecule has 0 aliphatic heterocycles. The first-order chi connectivity index (χ1) is 15.4. The van der Waals surface area contributed by atoms with Gasteiger partial charge in [-0.2, -0.15) is 0 Å². The molecule has 0 aromatic heterocycles. The van der Waals surface area contributed by atoms with Gasteiger partial charge in [0.25, 0.3) is 0 Å². The largest absolute Gasteiger partial charge is 0.464 e. The van der Waals surface area contributed by atoms with Crippen molar-refractivity contribution in [1.82, 2.24) is 10.6 Å². The Kier molecular flexibility index (Phi) is 17.3. The van der Waals surface area contributed by atoms with Crippen molar-refractivity contribution in [2.24, 2.45) is 11.5 Å². The second-order valence-electron chi connectivity index (χ2n) is 6.29. The van der Waals surface area contributed by atoms with Gasteiger partial charge >= 0.3 is 23.9 Å². The Bertz CT molecular complexity index is 562. The number of nitrogens with one attached hydrogen (secondary N) is 2. The second kappa shape index (κ2) is 18.9. The van der Waals surface area contributed by atoms with E-state index in [9.17, 15) is 19.2 Å². The van der Waals surface area contributed by atoms with Gasteiger partial charge < -0.3 is 41.0 Å². The minimum atomic E-state index is -0.916. The zero-order valence-electron chi connectivity index (χ0n) is 18.2. The van der Waals surface area contributed by atoms with Crippen LogP contribution in [0.4, 0.5) is 0 Å². The molecule has 12 nitrogen and oxygen atoms in total. The first-order valence-electron chi connectivity index (χ1n) is 10.2. The summed E-state index contributed by atoms with van der Waals surface area (Å²) in [4.78, 5) is 46.6. The number of carbonyl (C=O) groups is 4. The number of esters is 4. The van der Waals surface area contributed by atoms with Crippen LogP contribution in [0.2, 0.25) is 0 Å². The molecule has 0 aliphatic rings. The van der Waals surface area contributed by atoms with E-state index >= 15 is 0 Å². The summed E-state index contributed by atoms with van der Waals surface area (Å²) in [5.74, 6) is -2.30. The van der Waals surface area contributed by atoms with Gasteiger partial charge in [0.15, 0.2) is 12.2 Å². The highest BCUT2D eigenvalue weighted by Crippen LogP contribution is 2.06. The van der Waals surface area contributed by atoms with Gasteiger partial charge in [-0.3, -0.25) is 9.59 Å². The van der Waals surface area contributed by atoms with Gasteiger partial charge in [-0.25, -0.2) is 9.59 Å². The van der Waals surface area contributed by atoms with Crippen LogP contribution in [-0.2, 0) is 38.1 Å². The third-order valence-electron chi connectivity index (χ3n) is 3.75. The Morgan fingerprint density at radius 1 is 0.750 bits per heavy atom. The van der Waals surface area contributed by atoms with E-state index < -0.39 is 36.1 Å². The summed E-state index contributed by atoms with van der Waals surface area (Å²) in [7, 11) is 0. The van der Waals surface area contributed by atoms with E-state index in [-0.39, 0.29) is 65.3 Å². The van der Waals surface area contributed by atoms with Crippen LogP contribution in [0.1, 0.15) is 12.8 Å². The van der Waals surface area contributed by atoms with Crippen molar-refractivity contribution < 1.29 is 38.1 Å². The average molecular weight is 459 g/mol. The van der Waals surface area contributed by atoms with Crippen LogP contribution in [0.25, 0.3) is 0 Å². The summed E-state index contributed by atoms with van der Waals surface area (Å²) in [6, 6.07) is 0. The molecule has 0 saturated heterocycles. The lowest BCUT2D eigenvalue weighted by Crippen LogP contribution is -2.47. The lowest BCUT2D eigenvalue weighted by atomic mass is 10.2. The number of hydrogen-bond acceptors (Lipinski definition) is 12. The van der Waals surface area contributed by atoms with Gasteiger partial charge in [-0.1, -0.05) is 13.2 Å². The van der Waals surface area contributed by atoms with Gasteiger partial charge in [0.05, 0.1) is 12.8 Å². The van der Waals surface area contributed by atoms with Crippen molar-refractivity contribution in [3.8, 4) is 0 Å². The Morgan fingerprint density at radius 2 is 1.12 bits per heavy atom. The molecule has 12 heteroatoms. The van der Waals surface area contributed by atoms with Gasteiger partial charge in [0, 0.05) is 51.4 Å². The van der Waals surface area contributed by atoms with Crippen molar-refractivity contribution >= 4 is 23.9 Å². The van der Waals surface area contributed by atoms with E-state index in [2.05, 4.69) is 23.8 Å². The average Bonchev–Trinajstić information content (AvgIpc) is 2.79. The maximum atomic E-state index is 11.8. The summed E-state index contributed by atoms with van der Waals surface area (Å²) in [5, 5.41) is 5.90. The number of carbonyl (C=O) groups excluding carboxylic acids is 4. The van der Waals surface area contributed by atoms with E-state index in [0.29, 0.717) is 0 Å². The van der Waals surface area contributed by atoms with E-state index in [4.69, 9.17) is 30.4 Å². The Morgan fingerprint density at radius 3 is 1.44 bits per heavy atom. The highest BCUT2D eigenvalue weighted by Gasteiger charge is 2.27. The quantitative estimate of drug-likeness (QED) is 0.0735.